The molecule has 0 aliphatic rings. The lowest BCUT2D eigenvalue weighted by Crippen LogP contribution is -2.20. The van der Waals surface area contributed by atoms with Gasteiger partial charge in [-0.1, -0.05) is 45.7 Å². The molecular weight excluding hydrogens is 612 g/mol. The maximum Gasteiger partial charge on any atom is 0.308 e. The first-order valence-corrected chi connectivity index (χ1v) is 11.0. The van der Waals surface area contributed by atoms with E-state index in [2.05, 4.69) is 77.6 Å². The van der Waals surface area contributed by atoms with Crippen LogP contribution in [0, 0.1) is 0 Å². The Balaban J connectivity index is 2.53. The molecule has 144 valence electrons. The van der Waals surface area contributed by atoms with Gasteiger partial charge in [0, 0.05) is 21.3 Å². The van der Waals surface area contributed by atoms with Crippen molar-refractivity contribution in [2.75, 3.05) is 0 Å². The molecule has 0 bridgehead atoms. The van der Waals surface area contributed by atoms with Crippen LogP contribution in [0.3, 0.4) is 0 Å². The van der Waals surface area contributed by atoms with Crippen LogP contribution in [-0.2, 0) is 21.4 Å². The van der Waals surface area contributed by atoms with Gasteiger partial charge in [0.2, 0.25) is 0 Å². The lowest BCUT2D eigenvalue weighted by atomic mass is 9.78. The van der Waals surface area contributed by atoms with Crippen LogP contribution in [0.15, 0.2) is 42.2 Å². The molecular formula is C19H16Br4O4. The number of hydrogen-bond donors (Lipinski definition) is 1. The Morgan fingerprint density at radius 2 is 1.33 bits per heavy atom. The van der Waals surface area contributed by atoms with Gasteiger partial charge in [-0.3, -0.25) is 9.59 Å². The van der Waals surface area contributed by atoms with Crippen molar-refractivity contribution in [3.8, 4) is 5.75 Å². The first-order valence-electron chi connectivity index (χ1n) is 7.81. The van der Waals surface area contributed by atoms with Crippen molar-refractivity contribution in [3.05, 3.63) is 58.8 Å². The van der Waals surface area contributed by atoms with Crippen LogP contribution in [0.1, 0.15) is 37.5 Å². The summed E-state index contributed by atoms with van der Waals surface area (Å²) in [6, 6.07) is 7.70. The molecule has 0 unspecified atom stereocenters. The Morgan fingerprint density at radius 1 is 0.926 bits per heavy atom. The molecule has 27 heavy (non-hydrogen) atoms. The Kier molecular flexibility index (Phi) is 7.33. The number of benzene rings is 2. The first-order chi connectivity index (χ1) is 12.4. The highest BCUT2D eigenvalue weighted by molar-refractivity contribution is 9.11. The van der Waals surface area contributed by atoms with Crippen molar-refractivity contribution >= 4 is 75.7 Å². The van der Waals surface area contributed by atoms with Gasteiger partial charge >= 0.3 is 11.9 Å². The zero-order valence-corrected chi connectivity index (χ0v) is 21.0. The second kappa shape index (κ2) is 8.76. The number of rotatable bonds is 5. The molecule has 1 N–H and O–H groups in total. The molecule has 0 aliphatic carbocycles. The van der Waals surface area contributed by atoms with Gasteiger partial charge in [-0.2, -0.15) is 0 Å². The highest BCUT2D eigenvalue weighted by Gasteiger charge is 2.27. The number of halogens is 4. The highest BCUT2D eigenvalue weighted by Crippen LogP contribution is 2.42. The average Bonchev–Trinajstić information content (AvgIpc) is 2.53. The van der Waals surface area contributed by atoms with Gasteiger partial charge < -0.3 is 9.84 Å². The standard InChI is InChI=1S/C19H16Br4O4/c1-9(24)27-18-15(22)6-11(7-16(18)23)19(2,3)10-4-13(20)12(8-17(25)26)14(21)5-10/h4-7H,8H2,1-3H3,(H,25,26). The molecule has 4 nitrogen and oxygen atoms in total. The van der Waals surface area contributed by atoms with Crippen LogP contribution in [0.2, 0.25) is 0 Å². The quantitative estimate of drug-likeness (QED) is 0.299. The zero-order valence-electron chi connectivity index (χ0n) is 14.7. The van der Waals surface area contributed by atoms with Crippen molar-refractivity contribution in [3.63, 3.8) is 0 Å². The summed E-state index contributed by atoms with van der Waals surface area (Å²) in [5.74, 6) is -0.858. The van der Waals surface area contributed by atoms with Crippen LogP contribution in [0.5, 0.6) is 5.75 Å². The summed E-state index contributed by atoms with van der Waals surface area (Å²) in [5.41, 5.74) is 2.28. The van der Waals surface area contributed by atoms with Crippen LogP contribution in [0.4, 0.5) is 0 Å². The number of esters is 1. The summed E-state index contributed by atoms with van der Waals surface area (Å²) >= 11 is 13.9. The van der Waals surface area contributed by atoms with Crippen molar-refractivity contribution in [1.82, 2.24) is 0 Å². The van der Waals surface area contributed by atoms with Crippen LogP contribution in [0.25, 0.3) is 0 Å². The van der Waals surface area contributed by atoms with Gasteiger partial charge in [0.15, 0.2) is 5.75 Å². The third kappa shape index (κ3) is 5.22. The molecule has 0 atom stereocenters. The van der Waals surface area contributed by atoms with E-state index in [1.165, 1.54) is 6.92 Å². The van der Waals surface area contributed by atoms with Crippen molar-refractivity contribution in [2.24, 2.45) is 0 Å². The third-order valence-corrected chi connectivity index (χ3v) is 6.75. The van der Waals surface area contributed by atoms with Crippen LogP contribution >= 0.6 is 63.7 Å². The van der Waals surface area contributed by atoms with Gasteiger partial charge in [0.25, 0.3) is 0 Å². The number of carbonyl (C=O) groups excluding carboxylic acids is 1. The molecule has 0 aromatic heterocycles. The number of carbonyl (C=O) groups is 2. The zero-order chi connectivity index (χ0) is 20.5. The van der Waals surface area contributed by atoms with E-state index in [-0.39, 0.29) is 6.42 Å². The summed E-state index contributed by atoms with van der Waals surface area (Å²) in [6.45, 7) is 5.49. The SMILES string of the molecule is CC(=O)Oc1c(Br)cc(C(C)(C)c2cc(Br)c(CC(=O)O)c(Br)c2)cc1Br. The normalized spacial score (nSPS) is 11.4. The van der Waals surface area contributed by atoms with Crippen molar-refractivity contribution < 1.29 is 19.4 Å². The monoisotopic (exact) mass is 624 g/mol. The minimum Gasteiger partial charge on any atom is -0.481 e. The molecule has 0 radical (unpaired) electrons. The number of ether oxygens (including phenoxy) is 1. The lowest BCUT2D eigenvalue weighted by Gasteiger charge is -2.28. The minimum atomic E-state index is -0.891. The molecule has 0 amide bonds. The predicted molar refractivity (Wildman–Crippen MR) is 118 cm³/mol. The predicted octanol–water partition coefficient (Wildman–Crippen LogP) is 6.61. The summed E-state index contributed by atoms with van der Waals surface area (Å²) in [4.78, 5) is 22.4. The average molecular weight is 628 g/mol. The molecule has 0 spiro atoms. The van der Waals surface area contributed by atoms with Gasteiger partial charge in [-0.15, -0.1) is 0 Å². The maximum absolute atomic E-state index is 11.3. The molecule has 2 aromatic rings. The van der Waals surface area contributed by atoms with Crippen LogP contribution in [-0.4, -0.2) is 17.0 Å². The second-order valence-corrected chi connectivity index (χ2v) is 9.89. The Labute approximate surface area is 191 Å². The summed E-state index contributed by atoms with van der Waals surface area (Å²) in [6.07, 6.45) is -0.0734. The molecule has 0 heterocycles. The number of hydrogen-bond acceptors (Lipinski definition) is 3. The molecule has 2 aromatic carbocycles. The van der Waals surface area contributed by atoms with Gasteiger partial charge in [0.05, 0.1) is 15.4 Å². The second-order valence-electron chi connectivity index (χ2n) is 6.48. The smallest absolute Gasteiger partial charge is 0.308 e. The van der Waals surface area contributed by atoms with E-state index in [0.29, 0.717) is 20.3 Å². The van der Waals surface area contributed by atoms with E-state index < -0.39 is 17.4 Å². The number of aliphatic carboxylic acids is 1. The van der Waals surface area contributed by atoms with E-state index in [4.69, 9.17) is 9.84 Å². The molecule has 0 saturated heterocycles. The van der Waals surface area contributed by atoms with Gasteiger partial charge in [0.1, 0.15) is 0 Å². The third-order valence-electron chi connectivity index (χ3n) is 4.16. The Morgan fingerprint density at radius 3 is 1.70 bits per heavy atom. The van der Waals surface area contributed by atoms with E-state index in [1.54, 1.807) is 0 Å². The maximum atomic E-state index is 11.3. The largest absolute Gasteiger partial charge is 0.481 e. The van der Waals surface area contributed by atoms with Gasteiger partial charge in [-0.25, -0.2) is 0 Å². The number of carboxylic acids is 1. The fourth-order valence-electron chi connectivity index (χ4n) is 2.61. The summed E-state index contributed by atoms with van der Waals surface area (Å²) in [5, 5.41) is 9.08. The van der Waals surface area contributed by atoms with E-state index in [9.17, 15) is 9.59 Å². The van der Waals surface area contributed by atoms with E-state index >= 15 is 0 Å². The fourth-order valence-corrected chi connectivity index (χ4v) is 5.43. The molecule has 0 saturated carbocycles. The molecule has 0 fully saturated rings. The minimum absolute atomic E-state index is 0.0734. The van der Waals surface area contributed by atoms with Crippen LogP contribution < -0.4 is 4.74 Å². The lowest BCUT2D eigenvalue weighted by molar-refractivity contribution is -0.136. The summed E-state index contributed by atoms with van der Waals surface area (Å²) < 4.78 is 8.03. The summed E-state index contributed by atoms with van der Waals surface area (Å²) in [7, 11) is 0. The van der Waals surface area contributed by atoms with E-state index in [1.807, 2.05) is 24.3 Å². The Bertz CT molecular complexity index is 802. The molecule has 8 heteroatoms. The van der Waals surface area contributed by atoms with Crippen molar-refractivity contribution in [1.29, 1.82) is 0 Å². The van der Waals surface area contributed by atoms with Gasteiger partial charge in [-0.05, 0) is 72.8 Å². The Hall–Kier alpha value is -0.700. The fraction of sp³-hybridized carbons (Fsp3) is 0.263. The molecule has 2 rings (SSSR count). The number of carboxylic acid groups (broad SMARTS) is 1. The molecule has 0 aliphatic heterocycles. The first kappa shape index (κ1) is 22.6. The topological polar surface area (TPSA) is 63.6 Å². The van der Waals surface area contributed by atoms with Crippen molar-refractivity contribution in [2.45, 2.75) is 32.6 Å². The van der Waals surface area contributed by atoms with E-state index in [0.717, 1.165) is 20.1 Å². The highest BCUT2D eigenvalue weighted by atomic mass is 79.9.